The molecule has 0 unspecified atom stereocenters. The lowest BCUT2D eigenvalue weighted by molar-refractivity contribution is -0.197. The number of rotatable bonds is 20. The van der Waals surface area contributed by atoms with Crippen molar-refractivity contribution in [1.29, 1.82) is 0 Å². The lowest BCUT2D eigenvalue weighted by Crippen LogP contribution is -2.49. The van der Waals surface area contributed by atoms with Crippen molar-refractivity contribution in [3.63, 3.8) is 0 Å². The fourth-order valence-electron chi connectivity index (χ4n) is 18.3. The van der Waals surface area contributed by atoms with Gasteiger partial charge in [0.25, 0.3) is 11.8 Å². The van der Waals surface area contributed by atoms with Gasteiger partial charge in [0.05, 0.1) is 73.9 Å². The number of ketones is 2. The summed E-state index contributed by atoms with van der Waals surface area (Å²) in [6.07, 6.45) is 11.3. The Morgan fingerprint density at radius 1 is 0.542 bits per heavy atom. The second kappa shape index (κ2) is 34.0. The maximum atomic E-state index is 15.0. The summed E-state index contributed by atoms with van der Waals surface area (Å²) in [5, 5.41) is 3.23. The van der Waals surface area contributed by atoms with Crippen molar-refractivity contribution in [3.05, 3.63) is 84.0 Å². The maximum absolute atomic E-state index is 15.0. The summed E-state index contributed by atoms with van der Waals surface area (Å²) in [4.78, 5) is 127. The number of aryl methyl sites for hydroxylation is 2. The number of halogens is 6. The molecule has 24 nitrogen and oxygen atoms in total. The lowest BCUT2D eigenvalue weighted by atomic mass is 9.82. The van der Waals surface area contributed by atoms with Gasteiger partial charge in [-0.25, -0.2) is 43.2 Å². The zero-order valence-corrected chi connectivity index (χ0v) is 71.5. The van der Waals surface area contributed by atoms with Crippen molar-refractivity contribution in [1.82, 2.24) is 29.2 Å². The van der Waals surface area contributed by atoms with E-state index < -0.39 is 209 Å². The van der Waals surface area contributed by atoms with E-state index in [2.05, 4.69) is 9.44 Å². The summed E-state index contributed by atoms with van der Waals surface area (Å²) in [7, 11) is -8.79. The van der Waals surface area contributed by atoms with Crippen LogP contribution in [0.2, 0.25) is 0 Å². The highest BCUT2D eigenvalue weighted by molar-refractivity contribution is 7.92. The van der Waals surface area contributed by atoms with E-state index in [1.54, 1.807) is 0 Å². The van der Waals surface area contributed by atoms with E-state index in [-0.39, 0.29) is 88.1 Å². The standard InChI is InChI=1S/2C44H56F3N3O9S/c2*1-26-11-6-7-12-28-22-44(28,40(54)49-60(55,56)43(25-45)16-17-43)23-35(51)34-20-29(58-38-32-14-9-8-13-30(32)31-15-10-18-57-37(31)48-38)24-50(34)39(53)33(27(2)19-26)21-36(52)59-41(3,4)42(5,46)47/h2*7-9,12-14,26-29,33-34H,6,10-11,15-25H2,1-5H3,(H,49,54)/b2*12-7-/t26-,27+,28+,29+,33-,34-,44+;26-,27-,28-,29-,33+,34+,44-/m01/s1. The number of Topliss-reactive ketones (excluding diaryl/α,β-unsaturated/α-hetero) is 2. The smallest absolute Gasteiger partial charge is 0.307 e. The second-order valence-electron chi connectivity index (χ2n) is 37.1. The molecule has 4 saturated carbocycles. The molecule has 32 heteroatoms. The topological polar surface area (TPSA) is 317 Å². The third-order valence-electron chi connectivity index (χ3n) is 27.3. The summed E-state index contributed by atoms with van der Waals surface area (Å²) in [5.41, 5.74) is -5.35. The lowest BCUT2D eigenvalue weighted by Gasteiger charge is -2.34. The Balaban J connectivity index is 0.000000207. The first-order chi connectivity index (χ1) is 56.4. The average molecular weight is 1720 g/mol. The van der Waals surface area contributed by atoms with Gasteiger partial charge >= 0.3 is 11.9 Å². The second-order valence-corrected chi connectivity index (χ2v) is 41.3. The van der Waals surface area contributed by atoms with Crippen LogP contribution in [0.15, 0.2) is 72.8 Å². The molecule has 656 valence electrons. The number of nitrogens with zero attached hydrogens (tertiary/aromatic N) is 4. The molecule has 4 aromatic rings. The van der Waals surface area contributed by atoms with Crippen LogP contribution in [0.4, 0.5) is 26.3 Å². The Morgan fingerprint density at radius 3 is 1.24 bits per heavy atom. The summed E-state index contributed by atoms with van der Waals surface area (Å²) in [6.45, 7) is 11.8. The number of nitrogens with one attached hydrogen (secondary N) is 2. The molecule has 0 spiro atoms. The first kappa shape index (κ1) is 89.3. The first-order valence-electron chi connectivity index (χ1n) is 42.3. The third-order valence-corrected chi connectivity index (χ3v) is 31.5. The van der Waals surface area contributed by atoms with Gasteiger partial charge in [0.2, 0.25) is 67.2 Å². The molecular formula is C88H112F6N6O18S2. The van der Waals surface area contributed by atoms with Crippen LogP contribution in [0.5, 0.6) is 23.5 Å². The highest BCUT2D eigenvalue weighted by atomic mass is 32.2. The largest absolute Gasteiger partial charge is 0.477 e. The Bertz CT molecular complexity index is 4650. The quantitative estimate of drug-likeness (QED) is 0.0472. The van der Waals surface area contributed by atoms with Crippen molar-refractivity contribution >= 4 is 88.7 Å². The molecule has 0 radical (unpaired) electrons. The fraction of sp³-hybridized carbons (Fsp3) is 0.659. The minimum Gasteiger partial charge on any atom is -0.477 e. The molecule has 2 aromatic heterocycles. The monoisotopic (exact) mass is 1720 g/mol. The van der Waals surface area contributed by atoms with E-state index in [4.69, 9.17) is 38.4 Å². The molecule has 6 fully saturated rings. The van der Waals surface area contributed by atoms with E-state index in [0.717, 1.165) is 75.3 Å². The molecule has 14 atom stereocenters. The zero-order chi connectivity index (χ0) is 86.8. The van der Waals surface area contributed by atoms with Crippen molar-refractivity contribution < 1.29 is 110 Å². The van der Waals surface area contributed by atoms with Gasteiger partial charge in [0.15, 0.2) is 22.8 Å². The van der Waals surface area contributed by atoms with E-state index in [1.807, 2.05) is 101 Å². The van der Waals surface area contributed by atoms with Gasteiger partial charge in [0, 0.05) is 61.4 Å². The van der Waals surface area contributed by atoms with Crippen molar-refractivity contribution in [2.24, 2.45) is 58.2 Å². The number of hydrogen-bond donors (Lipinski definition) is 2. The minimum absolute atomic E-state index is 0.0168. The maximum Gasteiger partial charge on any atom is 0.307 e. The number of fused-ring (bicyclic) bond motifs is 10. The number of benzene rings is 2. The van der Waals surface area contributed by atoms with Crippen molar-refractivity contribution in [2.45, 2.75) is 267 Å². The molecule has 0 bridgehead atoms. The Morgan fingerprint density at radius 2 is 0.900 bits per heavy atom. The SMILES string of the molecule is C[C@@H]1CC/C=C\[C@@H]2C[C@@]2(C(=O)NS(=O)(=O)C2(CF)CC2)CC(=O)[C@@H]2C[C@@H](Oc3nc4c(c5ccccc35)CCCO4)CN2C(=O)[C@@H](CC(=O)OC(C)(C)C(C)(F)F)[C@H](C)C1.C[C@H]1CC/C=C\[C@@H]2C[C@@]2(C(=O)NS(=O)(=O)C2(CF)CC2)CC(=O)[C@@H]2C[C@@H](Oc3nc4c(c5ccccc35)CCCO4)CN2C(=O)[C@@H](CC(=O)OC(C)(C)C(C)(F)F)[C@H](C)C1. The molecule has 2 aromatic carbocycles. The summed E-state index contributed by atoms with van der Waals surface area (Å²) in [5.74, 6) is -15.2. The van der Waals surface area contributed by atoms with Gasteiger partial charge in [-0.3, -0.25) is 47.8 Å². The molecule has 4 aliphatic carbocycles. The predicted octanol–water partition coefficient (Wildman–Crippen LogP) is 13.6. The number of esters is 2. The van der Waals surface area contributed by atoms with Crippen LogP contribution in [0.3, 0.4) is 0 Å². The summed E-state index contributed by atoms with van der Waals surface area (Å²) < 4.78 is 175. The van der Waals surface area contributed by atoms with E-state index in [0.29, 0.717) is 88.1 Å². The minimum atomic E-state index is -4.39. The van der Waals surface area contributed by atoms with E-state index >= 15 is 0 Å². The molecule has 14 rings (SSSR count). The number of pyridine rings is 2. The van der Waals surface area contributed by atoms with Gasteiger partial charge in [-0.05, 0) is 189 Å². The number of hydrogen-bond acceptors (Lipinski definition) is 20. The Hall–Kier alpha value is -8.42. The number of sulfonamides is 2. The molecule has 120 heavy (non-hydrogen) atoms. The molecule has 2 saturated heterocycles. The fourth-order valence-corrected chi connectivity index (χ4v) is 21.2. The number of amides is 4. The number of ether oxygens (including phenoxy) is 6. The summed E-state index contributed by atoms with van der Waals surface area (Å²) >= 11 is 0. The Kier molecular flexibility index (Phi) is 25.3. The van der Waals surface area contributed by atoms with Crippen LogP contribution in [0.1, 0.15) is 209 Å². The third kappa shape index (κ3) is 18.3. The predicted molar refractivity (Wildman–Crippen MR) is 431 cm³/mol. The Labute approximate surface area is 697 Å². The van der Waals surface area contributed by atoms with E-state index in [9.17, 15) is 81.5 Å². The molecule has 2 N–H and O–H groups in total. The molecule has 10 aliphatic rings. The van der Waals surface area contributed by atoms with Crippen LogP contribution in [0, 0.1) is 58.2 Å². The molecule has 6 aliphatic heterocycles. The normalized spacial score (nSPS) is 30.1. The molecule has 8 heterocycles. The average Bonchev–Trinajstić information content (AvgIpc) is 1.56. The van der Waals surface area contributed by atoms with E-state index in [1.165, 1.54) is 9.80 Å². The number of carbonyl (C=O) groups excluding carboxylic acids is 8. The first-order valence-corrected chi connectivity index (χ1v) is 45.2. The van der Waals surface area contributed by atoms with Gasteiger partial charge in [0.1, 0.15) is 35.1 Å². The number of aromatic nitrogens is 2. The van der Waals surface area contributed by atoms with Crippen LogP contribution in [-0.4, -0.2) is 180 Å². The van der Waals surface area contributed by atoms with Crippen molar-refractivity contribution in [3.8, 4) is 23.5 Å². The van der Waals surface area contributed by atoms with Gasteiger partial charge < -0.3 is 38.2 Å². The zero-order valence-electron chi connectivity index (χ0n) is 69.9. The number of allylic oxidation sites excluding steroid dienone is 4. The summed E-state index contributed by atoms with van der Waals surface area (Å²) in [6, 6.07) is 12.8. The van der Waals surface area contributed by atoms with Gasteiger partial charge in [-0.2, -0.15) is 9.97 Å². The molecular weight excluding hydrogens is 1610 g/mol. The highest BCUT2D eigenvalue weighted by Crippen LogP contribution is 2.60. The molecule has 4 amide bonds. The van der Waals surface area contributed by atoms with Crippen LogP contribution < -0.4 is 28.4 Å². The van der Waals surface area contributed by atoms with Crippen LogP contribution >= 0.6 is 0 Å². The van der Waals surface area contributed by atoms with Gasteiger partial charge in [-0.15, -0.1) is 0 Å². The van der Waals surface area contributed by atoms with Crippen LogP contribution in [0.25, 0.3) is 21.5 Å². The highest BCUT2D eigenvalue weighted by Gasteiger charge is 2.66. The van der Waals surface area contributed by atoms with Gasteiger partial charge in [-0.1, -0.05) is 88.4 Å². The van der Waals surface area contributed by atoms with Crippen LogP contribution in [-0.2, 0) is 80.7 Å². The number of carbonyl (C=O) groups is 8. The number of alkyl halides is 6. The van der Waals surface area contributed by atoms with Crippen molar-refractivity contribution in [2.75, 3.05) is 39.7 Å².